The Kier molecular flexibility index (Phi) is 55.3. The van der Waals surface area contributed by atoms with Crippen LogP contribution in [-0.2, 0) is 28.6 Å². The van der Waals surface area contributed by atoms with Gasteiger partial charge in [-0.25, -0.2) is 0 Å². The van der Waals surface area contributed by atoms with Gasteiger partial charge in [0.25, 0.3) is 0 Å². The van der Waals surface area contributed by atoms with E-state index in [4.69, 9.17) is 14.2 Å². The fourth-order valence-electron chi connectivity index (χ4n) is 8.22. The van der Waals surface area contributed by atoms with E-state index in [2.05, 4.69) is 99.8 Å². The topological polar surface area (TPSA) is 78.9 Å². The summed E-state index contributed by atoms with van der Waals surface area (Å²) < 4.78 is 16.8. The molecule has 0 rings (SSSR count). The Bertz CT molecular complexity index is 1350. The number of unbranched alkanes of at least 4 members (excludes halogenated alkanes) is 28. The predicted octanol–water partition coefficient (Wildman–Crippen LogP) is 19.9. The standard InChI is InChI=1S/C64H110O6/c1-4-7-10-13-16-19-22-24-26-28-30-31-32-34-35-37-39-42-45-48-51-54-57-63(66)69-60-61(59-68-62(65)56-53-50-47-44-41-21-18-15-12-9-6-3)70-64(67)58-55-52-49-46-43-40-38-36-33-29-27-25-23-20-17-14-11-8-5-2/h8,11,15,17-18,20,25,27,33,36,40,43,49,52,61H,4-7,9-10,12-14,16,19,21-24,26,28-32,34-35,37-39,41-42,44-48,50-51,53-60H2,1-3H3/b11-8-,18-15-,20-17-,27-25-,36-33-,43-40-,52-49-. The van der Waals surface area contributed by atoms with Crippen molar-refractivity contribution in [3.63, 3.8) is 0 Å². The summed E-state index contributed by atoms with van der Waals surface area (Å²) in [5, 5.41) is 0. The normalized spacial score (nSPS) is 12.7. The molecule has 0 radical (unpaired) electrons. The molecule has 0 heterocycles. The number of allylic oxidation sites excluding steroid dienone is 14. The Morgan fingerprint density at radius 2 is 0.600 bits per heavy atom. The molecule has 70 heavy (non-hydrogen) atoms. The van der Waals surface area contributed by atoms with Gasteiger partial charge in [0, 0.05) is 19.3 Å². The molecule has 0 aromatic carbocycles. The molecular weight excluding hydrogens is 865 g/mol. The van der Waals surface area contributed by atoms with Crippen LogP contribution in [0.3, 0.4) is 0 Å². The molecule has 402 valence electrons. The average molecular weight is 976 g/mol. The van der Waals surface area contributed by atoms with E-state index >= 15 is 0 Å². The molecule has 0 amide bonds. The lowest BCUT2D eigenvalue weighted by atomic mass is 10.0. The number of esters is 3. The molecular formula is C64H110O6. The number of rotatable bonds is 53. The minimum Gasteiger partial charge on any atom is -0.462 e. The van der Waals surface area contributed by atoms with E-state index in [-0.39, 0.29) is 31.6 Å². The first-order valence-corrected chi connectivity index (χ1v) is 29.6. The summed E-state index contributed by atoms with van der Waals surface area (Å²) in [6.07, 6.45) is 76.0. The van der Waals surface area contributed by atoms with Crippen LogP contribution in [-0.4, -0.2) is 37.2 Å². The Morgan fingerprint density at radius 3 is 0.971 bits per heavy atom. The number of hydrogen-bond donors (Lipinski definition) is 0. The lowest BCUT2D eigenvalue weighted by Gasteiger charge is -2.18. The highest BCUT2D eigenvalue weighted by molar-refractivity contribution is 5.71. The number of hydrogen-bond acceptors (Lipinski definition) is 6. The Hall–Kier alpha value is -3.41. The largest absolute Gasteiger partial charge is 0.462 e. The molecule has 0 aliphatic rings. The predicted molar refractivity (Wildman–Crippen MR) is 302 cm³/mol. The third kappa shape index (κ3) is 55.5. The second-order valence-corrected chi connectivity index (χ2v) is 19.5. The van der Waals surface area contributed by atoms with E-state index in [0.717, 1.165) is 89.9 Å². The van der Waals surface area contributed by atoms with Gasteiger partial charge >= 0.3 is 17.9 Å². The smallest absolute Gasteiger partial charge is 0.306 e. The monoisotopic (exact) mass is 975 g/mol. The van der Waals surface area contributed by atoms with Crippen LogP contribution in [0.15, 0.2) is 85.1 Å². The van der Waals surface area contributed by atoms with E-state index < -0.39 is 12.1 Å². The van der Waals surface area contributed by atoms with Crippen LogP contribution >= 0.6 is 0 Å². The lowest BCUT2D eigenvalue weighted by Crippen LogP contribution is -2.30. The van der Waals surface area contributed by atoms with Crippen LogP contribution in [0, 0.1) is 0 Å². The van der Waals surface area contributed by atoms with Crippen LogP contribution in [0.1, 0.15) is 284 Å². The van der Waals surface area contributed by atoms with Gasteiger partial charge in [-0.2, -0.15) is 0 Å². The highest BCUT2D eigenvalue weighted by Crippen LogP contribution is 2.16. The van der Waals surface area contributed by atoms with Crippen molar-refractivity contribution >= 4 is 17.9 Å². The van der Waals surface area contributed by atoms with Crippen LogP contribution < -0.4 is 0 Å². The van der Waals surface area contributed by atoms with Crippen LogP contribution in [0.2, 0.25) is 0 Å². The first kappa shape index (κ1) is 66.6. The maximum Gasteiger partial charge on any atom is 0.306 e. The highest BCUT2D eigenvalue weighted by Gasteiger charge is 2.19. The fourth-order valence-corrected chi connectivity index (χ4v) is 8.22. The molecule has 6 nitrogen and oxygen atoms in total. The molecule has 1 unspecified atom stereocenters. The summed E-state index contributed by atoms with van der Waals surface area (Å²) in [6.45, 7) is 6.44. The lowest BCUT2D eigenvalue weighted by molar-refractivity contribution is -0.166. The summed E-state index contributed by atoms with van der Waals surface area (Å²) in [7, 11) is 0. The summed E-state index contributed by atoms with van der Waals surface area (Å²) in [5.41, 5.74) is 0. The first-order chi connectivity index (χ1) is 34.5. The number of carbonyl (C=O) groups excluding carboxylic acids is 3. The summed E-state index contributed by atoms with van der Waals surface area (Å²) in [5.74, 6) is -0.995. The Morgan fingerprint density at radius 1 is 0.300 bits per heavy atom. The van der Waals surface area contributed by atoms with Crippen molar-refractivity contribution in [1.29, 1.82) is 0 Å². The van der Waals surface area contributed by atoms with E-state index in [1.165, 1.54) is 148 Å². The third-order valence-corrected chi connectivity index (χ3v) is 12.6. The van der Waals surface area contributed by atoms with Crippen molar-refractivity contribution in [2.45, 2.75) is 290 Å². The maximum atomic E-state index is 12.8. The van der Waals surface area contributed by atoms with Gasteiger partial charge in [0.2, 0.25) is 0 Å². The van der Waals surface area contributed by atoms with Gasteiger partial charge in [-0.05, 0) is 77.0 Å². The maximum absolute atomic E-state index is 12.8. The Balaban J connectivity index is 4.38. The van der Waals surface area contributed by atoms with Gasteiger partial charge < -0.3 is 14.2 Å². The third-order valence-electron chi connectivity index (χ3n) is 12.6. The van der Waals surface area contributed by atoms with Crippen molar-refractivity contribution < 1.29 is 28.6 Å². The number of ether oxygens (including phenoxy) is 3. The van der Waals surface area contributed by atoms with Gasteiger partial charge in [0.15, 0.2) is 6.10 Å². The quantitative estimate of drug-likeness (QED) is 0.0261. The van der Waals surface area contributed by atoms with E-state index in [1.54, 1.807) is 0 Å². The molecule has 0 N–H and O–H groups in total. The number of carbonyl (C=O) groups is 3. The average Bonchev–Trinajstić information content (AvgIpc) is 3.36. The SMILES string of the molecule is CC/C=C\C/C=C\C/C=C\C/C=C\C/C=C\C/C=C\CCC(=O)OC(COC(=O)CCCCCCC/C=C\CCCC)COC(=O)CCCCCCCCCCCCCCCCCCCCCCCC. The van der Waals surface area contributed by atoms with Crippen LogP contribution in [0.5, 0.6) is 0 Å². The molecule has 0 saturated carbocycles. The molecule has 6 heteroatoms. The summed E-state index contributed by atoms with van der Waals surface area (Å²) >= 11 is 0. The second kappa shape index (κ2) is 58.2. The van der Waals surface area contributed by atoms with Crippen LogP contribution in [0.4, 0.5) is 0 Å². The summed E-state index contributed by atoms with van der Waals surface area (Å²) in [6, 6.07) is 0. The van der Waals surface area contributed by atoms with Crippen molar-refractivity contribution in [2.75, 3.05) is 13.2 Å². The fraction of sp³-hybridized carbons (Fsp3) is 0.734. The van der Waals surface area contributed by atoms with Gasteiger partial charge in [-0.15, -0.1) is 0 Å². The zero-order chi connectivity index (χ0) is 50.7. The molecule has 0 spiro atoms. The molecule has 1 atom stereocenters. The van der Waals surface area contributed by atoms with Gasteiger partial charge in [-0.1, -0.05) is 273 Å². The second-order valence-electron chi connectivity index (χ2n) is 19.5. The van der Waals surface area contributed by atoms with E-state index in [0.29, 0.717) is 19.3 Å². The van der Waals surface area contributed by atoms with Crippen LogP contribution in [0.25, 0.3) is 0 Å². The van der Waals surface area contributed by atoms with Crippen molar-refractivity contribution in [1.82, 2.24) is 0 Å². The zero-order valence-corrected chi connectivity index (χ0v) is 46.0. The van der Waals surface area contributed by atoms with Gasteiger partial charge in [0.1, 0.15) is 13.2 Å². The molecule has 0 aromatic rings. The van der Waals surface area contributed by atoms with Crippen molar-refractivity contribution in [2.24, 2.45) is 0 Å². The van der Waals surface area contributed by atoms with E-state index in [9.17, 15) is 14.4 Å². The highest BCUT2D eigenvalue weighted by atomic mass is 16.6. The van der Waals surface area contributed by atoms with Gasteiger partial charge in [0.05, 0.1) is 0 Å². The zero-order valence-electron chi connectivity index (χ0n) is 46.0. The molecule has 0 aliphatic heterocycles. The minimum absolute atomic E-state index is 0.107. The minimum atomic E-state index is -0.819. The molecule has 0 aliphatic carbocycles. The van der Waals surface area contributed by atoms with E-state index in [1.807, 2.05) is 6.08 Å². The first-order valence-electron chi connectivity index (χ1n) is 29.6. The van der Waals surface area contributed by atoms with Crippen molar-refractivity contribution in [3.8, 4) is 0 Å². The molecule has 0 fully saturated rings. The van der Waals surface area contributed by atoms with Crippen molar-refractivity contribution in [3.05, 3.63) is 85.1 Å². The molecule has 0 aromatic heterocycles. The van der Waals surface area contributed by atoms with Gasteiger partial charge in [-0.3, -0.25) is 14.4 Å². The summed E-state index contributed by atoms with van der Waals surface area (Å²) in [4.78, 5) is 38.1. The molecule has 0 saturated heterocycles. The molecule has 0 bridgehead atoms. The Labute approximate surface area is 433 Å².